The normalized spacial score (nSPS) is 19.6. The van der Waals surface area contributed by atoms with Crippen molar-refractivity contribution in [3.05, 3.63) is 59.4 Å². The maximum atomic E-state index is 9.53. The molecule has 0 unspecified atom stereocenters. The second-order valence-electron chi connectivity index (χ2n) is 5.26. The number of anilines is 2. The Morgan fingerprint density at radius 1 is 1.24 bits per heavy atom. The van der Waals surface area contributed by atoms with Crippen molar-refractivity contribution >= 4 is 18.5 Å². The molecule has 0 atom stereocenters. The minimum absolute atomic E-state index is 0.534. The van der Waals surface area contributed by atoms with Gasteiger partial charge in [0.15, 0.2) is 0 Å². The quantitative estimate of drug-likeness (QED) is 0.742. The Hall–Kier alpha value is -1.98. The first kappa shape index (κ1) is 14.0. The summed E-state index contributed by atoms with van der Waals surface area (Å²) in [5, 5.41) is 22.5. The molecule has 0 radical (unpaired) electrons. The third-order valence-corrected chi connectivity index (χ3v) is 3.84. The van der Waals surface area contributed by atoms with Crippen LogP contribution >= 0.6 is 0 Å². The molecule has 0 saturated heterocycles. The Bertz CT molecular complexity index is 635. The number of nitrogens with zero attached hydrogens (tertiary/aromatic N) is 1. The lowest BCUT2D eigenvalue weighted by Crippen LogP contribution is -2.26. The van der Waals surface area contributed by atoms with E-state index in [4.69, 9.17) is 0 Å². The molecule has 3 rings (SSSR count). The maximum absolute atomic E-state index is 9.53. The molecule has 108 valence electrons. The average molecular weight is 282 g/mol. The Morgan fingerprint density at radius 2 is 2.05 bits per heavy atom. The third kappa shape index (κ3) is 2.50. The number of unbranched alkanes of at least 4 members (excludes halogenated alkanes) is 1. The van der Waals surface area contributed by atoms with E-state index in [1.807, 2.05) is 30.4 Å². The molecule has 1 aliphatic heterocycles. The van der Waals surface area contributed by atoms with Crippen LogP contribution in [0.2, 0.25) is 0 Å². The number of hydrogen-bond donors (Lipinski definition) is 3. The van der Waals surface area contributed by atoms with Gasteiger partial charge in [-0.05, 0) is 24.0 Å². The first-order valence-corrected chi connectivity index (χ1v) is 7.35. The standard InChI is InChI=1S/C16H19BN2O2/c1-2-3-11-19-15-10-5-4-9-14(15)18-16(19)12-7-6-8-13(12)17(20)21/h4-10,18,20-21H,2-3,11H2,1H3/b16-12+. The van der Waals surface area contributed by atoms with E-state index in [1.165, 1.54) is 0 Å². The molecule has 3 N–H and O–H groups in total. The average Bonchev–Trinajstić information content (AvgIpc) is 3.09. The van der Waals surface area contributed by atoms with Crippen LogP contribution in [0.15, 0.2) is 59.4 Å². The molecule has 0 fully saturated rings. The van der Waals surface area contributed by atoms with Gasteiger partial charge in [-0.1, -0.05) is 43.7 Å². The predicted octanol–water partition coefficient (Wildman–Crippen LogP) is 2.44. The molecule has 1 aliphatic carbocycles. The van der Waals surface area contributed by atoms with E-state index in [0.29, 0.717) is 5.47 Å². The molecule has 0 spiro atoms. The fourth-order valence-corrected chi connectivity index (χ4v) is 2.77. The van der Waals surface area contributed by atoms with Crippen molar-refractivity contribution < 1.29 is 10.0 Å². The van der Waals surface area contributed by atoms with Gasteiger partial charge in [-0.25, -0.2) is 0 Å². The van der Waals surface area contributed by atoms with Crippen LogP contribution in [0.5, 0.6) is 0 Å². The monoisotopic (exact) mass is 282 g/mol. The van der Waals surface area contributed by atoms with Gasteiger partial charge in [0.2, 0.25) is 0 Å². The minimum atomic E-state index is -1.46. The molecule has 21 heavy (non-hydrogen) atoms. The first-order valence-electron chi connectivity index (χ1n) is 7.35. The second kappa shape index (κ2) is 5.80. The summed E-state index contributed by atoms with van der Waals surface area (Å²) in [7, 11) is -1.46. The van der Waals surface area contributed by atoms with E-state index < -0.39 is 7.12 Å². The highest BCUT2D eigenvalue weighted by atomic mass is 16.4. The molecular formula is C16H19BN2O2. The van der Waals surface area contributed by atoms with Gasteiger partial charge < -0.3 is 20.3 Å². The summed E-state index contributed by atoms with van der Waals surface area (Å²) in [4.78, 5) is 2.22. The summed E-state index contributed by atoms with van der Waals surface area (Å²) >= 11 is 0. The van der Waals surface area contributed by atoms with Crippen LogP contribution in [0.1, 0.15) is 19.8 Å². The summed E-state index contributed by atoms with van der Waals surface area (Å²) in [6.07, 6.45) is 7.71. The number of rotatable bonds is 4. The topological polar surface area (TPSA) is 55.7 Å². The van der Waals surface area contributed by atoms with Gasteiger partial charge in [-0.3, -0.25) is 0 Å². The number of benzene rings is 1. The summed E-state index contributed by atoms with van der Waals surface area (Å²) in [5.74, 6) is 0.928. The van der Waals surface area contributed by atoms with Crippen molar-refractivity contribution in [2.24, 2.45) is 0 Å². The lowest BCUT2D eigenvalue weighted by Gasteiger charge is -2.22. The minimum Gasteiger partial charge on any atom is -0.423 e. The molecule has 0 saturated carbocycles. The summed E-state index contributed by atoms with van der Waals surface area (Å²) < 4.78 is 0. The lowest BCUT2D eigenvalue weighted by molar-refractivity contribution is 0.420. The number of para-hydroxylation sites is 2. The van der Waals surface area contributed by atoms with Crippen LogP contribution in [-0.2, 0) is 0 Å². The highest BCUT2D eigenvalue weighted by Gasteiger charge is 2.30. The van der Waals surface area contributed by atoms with Gasteiger partial charge in [-0.2, -0.15) is 0 Å². The fraction of sp³-hybridized carbons (Fsp3) is 0.250. The van der Waals surface area contributed by atoms with Gasteiger partial charge >= 0.3 is 7.12 Å². The van der Waals surface area contributed by atoms with Crippen molar-refractivity contribution in [2.45, 2.75) is 19.8 Å². The first-order chi connectivity index (χ1) is 10.2. The number of allylic oxidation sites excluding steroid dienone is 5. The molecule has 0 aromatic heterocycles. The molecule has 1 heterocycles. The molecule has 4 nitrogen and oxygen atoms in total. The van der Waals surface area contributed by atoms with Crippen LogP contribution in [0.3, 0.4) is 0 Å². The number of fused-ring (bicyclic) bond motifs is 1. The number of hydrogen-bond acceptors (Lipinski definition) is 4. The van der Waals surface area contributed by atoms with Crippen molar-refractivity contribution in [3.63, 3.8) is 0 Å². The van der Waals surface area contributed by atoms with Gasteiger partial charge in [-0.15, -0.1) is 0 Å². The van der Waals surface area contributed by atoms with E-state index in [9.17, 15) is 10.0 Å². The molecule has 1 aromatic rings. The van der Waals surface area contributed by atoms with Crippen LogP contribution in [-0.4, -0.2) is 23.7 Å². The molecular weight excluding hydrogens is 263 g/mol. The van der Waals surface area contributed by atoms with Crippen molar-refractivity contribution in [1.29, 1.82) is 0 Å². The van der Waals surface area contributed by atoms with Crippen molar-refractivity contribution in [2.75, 3.05) is 16.8 Å². The van der Waals surface area contributed by atoms with E-state index in [2.05, 4.69) is 23.2 Å². The Kier molecular flexibility index (Phi) is 3.86. The predicted molar refractivity (Wildman–Crippen MR) is 86.8 cm³/mol. The largest absolute Gasteiger partial charge is 0.489 e. The van der Waals surface area contributed by atoms with Crippen LogP contribution in [0.4, 0.5) is 11.4 Å². The maximum Gasteiger partial charge on any atom is 0.489 e. The fourth-order valence-electron chi connectivity index (χ4n) is 2.77. The van der Waals surface area contributed by atoms with Gasteiger partial charge in [0.25, 0.3) is 0 Å². The summed E-state index contributed by atoms with van der Waals surface area (Å²) in [5.41, 5.74) is 3.58. The van der Waals surface area contributed by atoms with E-state index in [1.54, 1.807) is 6.08 Å². The van der Waals surface area contributed by atoms with Gasteiger partial charge in [0, 0.05) is 12.1 Å². The Labute approximate surface area is 125 Å². The molecule has 2 aliphatic rings. The Morgan fingerprint density at radius 3 is 2.81 bits per heavy atom. The third-order valence-electron chi connectivity index (χ3n) is 3.84. The zero-order valence-electron chi connectivity index (χ0n) is 12.1. The van der Waals surface area contributed by atoms with E-state index >= 15 is 0 Å². The molecule has 1 aromatic carbocycles. The van der Waals surface area contributed by atoms with Gasteiger partial charge in [0.1, 0.15) is 5.82 Å². The van der Waals surface area contributed by atoms with Crippen LogP contribution < -0.4 is 10.2 Å². The zero-order chi connectivity index (χ0) is 14.8. The van der Waals surface area contributed by atoms with Crippen molar-refractivity contribution in [3.8, 4) is 0 Å². The summed E-state index contributed by atoms with van der Waals surface area (Å²) in [6.45, 7) is 3.07. The lowest BCUT2D eigenvalue weighted by atomic mass is 9.76. The molecule has 5 heteroatoms. The second-order valence-corrected chi connectivity index (χ2v) is 5.26. The summed E-state index contributed by atoms with van der Waals surface area (Å²) in [6, 6.07) is 8.15. The molecule has 0 bridgehead atoms. The smallest absolute Gasteiger partial charge is 0.423 e. The van der Waals surface area contributed by atoms with Crippen molar-refractivity contribution in [1.82, 2.24) is 0 Å². The Balaban J connectivity index is 2.03. The SMILES string of the molecule is CCCCN1/C(=C2\C=CC=C2B(O)O)Nc2ccccc21. The zero-order valence-corrected chi connectivity index (χ0v) is 12.1. The van der Waals surface area contributed by atoms with Crippen LogP contribution in [0.25, 0.3) is 0 Å². The van der Waals surface area contributed by atoms with Crippen LogP contribution in [0, 0.1) is 0 Å². The molecule has 0 amide bonds. The van der Waals surface area contributed by atoms with E-state index in [-0.39, 0.29) is 0 Å². The van der Waals surface area contributed by atoms with E-state index in [0.717, 1.165) is 42.2 Å². The highest BCUT2D eigenvalue weighted by molar-refractivity contribution is 6.52. The highest BCUT2D eigenvalue weighted by Crippen LogP contribution is 2.39. The number of nitrogens with one attached hydrogen (secondary N) is 1. The van der Waals surface area contributed by atoms with Gasteiger partial charge in [0.05, 0.1) is 11.4 Å².